The van der Waals surface area contributed by atoms with Crippen LogP contribution in [-0.4, -0.2) is 78.6 Å². The van der Waals surface area contributed by atoms with E-state index in [1.165, 1.54) is 12.0 Å². The molecule has 0 bridgehead atoms. The number of hydrogen-bond donors (Lipinski definition) is 3. The van der Waals surface area contributed by atoms with Crippen LogP contribution < -0.4 is 15.4 Å². The molecule has 0 radical (unpaired) electrons. The minimum Gasteiger partial charge on any atom is -0.496 e. The molecular weight excluding hydrogens is 521 g/mol. The van der Waals surface area contributed by atoms with Crippen molar-refractivity contribution in [3.63, 3.8) is 0 Å². The van der Waals surface area contributed by atoms with Crippen molar-refractivity contribution >= 4 is 34.4 Å². The van der Waals surface area contributed by atoms with Crippen LogP contribution in [-0.2, 0) is 19.1 Å². The number of carbonyl (C=O) groups excluding carboxylic acids is 4. The van der Waals surface area contributed by atoms with Gasteiger partial charge in [-0.25, -0.2) is 0 Å². The van der Waals surface area contributed by atoms with Crippen molar-refractivity contribution in [2.45, 2.75) is 50.6 Å². The van der Waals surface area contributed by atoms with Crippen molar-refractivity contribution in [1.82, 2.24) is 20.5 Å². The number of fused-ring (bicyclic) bond motifs is 1. The van der Waals surface area contributed by atoms with Crippen molar-refractivity contribution in [3.8, 4) is 5.75 Å². The number of aromatic amines is 1. The number of carbonyl (C=O) groups is 4. The number of halogens is 3. The lowest BCUT2D eigenvalue weighted by molar-refractivity contribution is -0.321. The first kappa shape index (κ1) is 27.0. The molecule has 13 heteroatoms. The molecule has 3 heterocycles. The second-order valence-corrected chi connectivity index (χ2v) is 10.5. The van der Waals surface area contributed by atoms with Gasteiger partial charge in [0, 0.05) is 29.9 Å². The zero-order valence-corrected chi connectivity index (χ0v) is 21.2. The van der Waals surface area contributed by atoms with E-state index in [0.717, 1.165) is 12.8 Å². The quantitative estimate of drug-likeness (QED) is 0.440. The molecule has 1 aromatic carbocycles. The van der Waals surface area contributed by atoms with Crippen molar-refractivity contribution in [2.75, 3.05) is 26.8 Å². The molecule has 3 atom stereocenters. The van der Waals surface area contributed by atoms with Crippen LogP contribution in [0.15, 0.2) is 24.3 Å². The Morgan fingerprint density at radius 2 is 2.03 bits per heavy atom. The average molecular weight is 551 g/mol. The van der Waals surface area contributed by atoms with E-state index in [4.69, 9.17) is 4.74 Å². The third kappa shape index (κ3) is 5.72. The zero-order valence-electron chi connectivity index (χ0n) is 21.2. The number of amides is 3. The number of alkyl halides is 3. The number of rotatable bonds is 9. The number of hydrogen-bond acceptors (Lipinski definition) is 6. The Kier molecular flexibility index (Phi) is 7.04. The molecule has 1 aromatic heterocycles. The van der Waals surface area contributed by atoms with Crippen molar-refractivity contribution in [1.29, 1.82) is 0 Å². The highest BCUT2D eigenvalue weighted by Crippen LogP contribution is 2.55. The van der Waals surface area contributed by atoms with E-state index in [-0.39, 0.29) is 23.4 Å². The maximum absolute atomic E-state index is 13.6. The van der Waals surface area contributed by atoms with E-state index < -0.39 is 48.6 Å². The number of nitrogens with one attached hydrogen (secondary N) is 3. The summed E-state index contributed by atoms with van der Waals surface area (Å²) < 4.78 is 46.8. The van der Waals surface area contributed by atoms with Gasteiger partial charge in [-0.05, 0) is 55.7 Å². The third-order valence-corrected chi connectivity index (χ3v) is 7.87. The van der Waals surface area contributed by atoms with E-state index in [2.05, 4.69) is 20.4 Å². The minimum atomic E-state index is -5.02. The summed E-state index contributed by atoms with van der Waals surface area (Å²) >= 11 is 0. The third-order valence-electron chi connectivity index (χ3n) is 7.87. The molecule has 3 aliphatic rings. The predicted molar refractivity (Wildman–Crippen MR) is 131 cm³/mol. The first-order chi connectivity index (χ1) is 18.5. The molecule has 3 fully saturated rings. The van der Waals surface area contributed by atoms with Gasteiger partial charge in [0.1, 0.15) is 24.1 Å². The average Bonchev–Trinajstić information content (AvgIpc) is 3.20. The van der Waals surface area contributed by atoms with Crippen LogP contribution in [0.5, 0.6) is 5.75 Å². The Balaban J connectivity index is 1.35. The summed E-state index contributed by atoms with van der Waals surface area (Å²) in [5, 5.41) is 5.87. The van der Waals surface area contributed by atoms with Gasteiger partial charge < -0.3 is 25.3 Å². The van der Waals surface area contributed by atoms with Gasteiger partial charge in [-0.15, -0.1) is 13.2 Å². The molecule has 2 aromatic rings. The smallest absolute Gasteiger partial charge is 0.496 e. The zero-order chi connectivity index (χ0) is 27.9. The Labute approximate surface area is 221 Å². The van der Waals surface area contributed by atoms with Crippen LogP contribution in [0.1, 0.15) is 42.6 Å². The van der Waals surface area contributed by atoms with Gasteiger partial charge in [-0.1, -0.05) is 6.07 Å². The van der Waals surface area contributed by atoms with E-state index in [1.54, 1.807) is 24.3 Å². The number of nitrogens with zero attached hydrogens (tertiary/aromatic N) is 1. The fourth-order valence-corrected chi connectivity index (χ4v) is 5.57. The lowest BCUT2D eigenvalue weighted by Crippen LogP contribution is -2.52. The molecule has 1 saturated carbocycles. The molecule has 2 aliphatic heterocycles. The second kappa shape index (κ2) is 10.2. The molecule has 3 amide bonds. The summed E-state index contributed by atoms with van der Waals surface area (Å²) in [6, 6.07) is 4.69. The second-order valence-electron chi connectivity index (χ2n) is 10.5. The van der Waals surface area contributed by atoms with Crippen LogP contribution in [0.2, 0.25) is 0 Å². The SMILES string of the molecule is COc1cccc2[nH]c(C(=O)N3CC4(CC4)C[C@H]3C(=O)N[C@@H](C[C@@H]3CCNC3=O)C(=O)COC(F)(F)F)cc12. The van der Waals surface area contributed by atoms with E-state index in [9.17, 15) is 32.3 Å². The van der Waals surface area contributed by atoms with Gasteiger partial charge >= 0.3 is 6.36 Å². The molecule has 39 heavy (non-hydrogen) atoms. The van der Waals surface area contributed by atoms with Crippen LogP contribution in [0.4, 0.5) is 13.2 Å². The number of methoxy groups -OCH3 is 1. The number of ether oxygens (including phenoxy) is 2. The van der Waals surface area contributed by atoms with E-state index in [1.807, 2.05) is 0 Å². The van der Waals surface area contributed by atoms with Crippen molar-refractivity contribution in [3.05, 3.63) is 30.0 Å². The minimum absolute atomic E-state index is 0.161. The van der Waals surface area contributed by atoms with Crippen molar-refractivity contribution < 1.29 is 41.8 Å². The van der Waals surface area contributed by atoms with Gasteiger partial charge in [0.05, 0.1) is 13.2 Å². The first-order valence-corrected chi connectivity index (χ1v) is 12.8. The largest absolute Gasteiger partial charge is 0.522 e. The molecular formula is C26H29F3N4O6. The summed E-state index contributed by atoms with van der Waals surface area (Å²) in [6.07, 6.45) is -2.75. The fourth-order valence-electron chi connectivity index (χ4n) is 5.57. The number of aromatic nitrogens is 1. The normalized spacial score (nSPS) is 22.7. The number of likely N-dealkylation sites (tertiary alicyclic amines) is 1. The Hall–Kier alpha value is -3.61. The van der Waals surface area contributed by atoms with Crippen LogP contribution in [0.3, 0.4) is 0 Å². The maximum atomic E-state index is 13.6. The van der Waals surface area contributed by atoms with E-state index in [0.29, 0.717) is 42.6 Å². The summed E-state index contributed by atoms with van der Waals surface area (Å²) in [6.45, 7) is -0.575. The summed E-state index contributed by atoms with van der Waals surface area (Å²) in [7, 11) is 1.52. The van der Waals surface area contributed by atoms with Gasteiger partial charge in [0.15, 0.2) is 5.78 Å². The lowest BCUT2D eigenvalue weighted by Gasteiger charge is -2.26. The van der Waals surface area contributed by atoms with Gasteiger partial charge in [-0.2, -0.15) is 0 Å². The molecule has 0 unspecified atom stereocenters. The summed E-state index contributed by atoms with van der Waals surface area (Å²) in [4.78, 5) is 56.4. The standard InChI is InChI=1S/C26H29F3N4O6/c1-38-21-4-2-3-16-15(21)10-18(31-16)24(37)33-13-25(6-7-25)11-19(33)23(36)32-17(9-14-5-8-30-22(14)35)20(34)12-39-26(27,28)29/h2-4,10,14,17,19,31H,5-9,11-13H2,1H3,(H,30,35)(H,32,36)/t14-,17-,19-/m0/s1. The Morgan fingerprint density at radius 3 is 2.67 bits per heavy atom. The summed E-state index contributed by atoms with van der Waals surface area (Å²) in [5.74, 6) is -2.44. The number of ketones is 1. The maximum Gasteiger partial charge on any atom is 0.522 e. The van der Waals surface area contributed by atoms with Gasteiger partial charge in [0.2, 0.25) is 11.8 Å². The highest BCUT2D eigenvalue weighted by molar-refractivity contribution is 6.02. The molecule has 1 aliphatic carbocycles. The fraction of sp³-hybridized carbons (Fsp3) is 0.538. The van der Waals surface area contributed by atoms with Gasteiger partial charge in [0.25, 0.3) is 5.91 Å². The Morgan fingerprint density at radius 1 is 1.26 bits per heavy atom. The molecule has 2 saturated heterocycles. The number of H-pyrrole nitrogens is 1. The monoisotopic (exact) mass is 550 g/mol. The van der Waals surface area contributed by atoms with Gasteiger partial charge in [-0.3, -0.25) is 23.9 Å². The summed E-state index contributed by atoms with van der Waals surface area (Å²) in [5.41, 5.74) is 0.744. The topological polar surface area (TPSA) is 130 Å². The van der Waals surface area contributed by atoms with Crippen LogP contribution in [0, 0.1) is 11.3 Å². The lowest BCUT2D eigenvalue weighted by atomic mass is 9.95. The first-order valence-electron chi connectivity index (χ1n) is 12.8. The predicted octanol–water partition coefficient (Wildman–Crippen LogP) is 2.29. The molecule has 1 spiro atoms. The molecule has 5 rings (SSSR count). The molecule has 210 valence electrons. The van der Waals surface area contributed by atoms with Crippen LogP contribution in [0.25, 0.3) is 10.9 Å². The highest BCUT2D eigenvalue weighted by atomic mass is 19.4. The number of benzene rings is 1. The Bertz CT molecular complexity index is 1300. The van der Waals surface area contributed by atoms with Crippen LogP contribution >= 0.6 is 0 Å². The molecule has 10 nitrogen and oxygen atoms in total. The highest BCUT2D eigenvalue weighted by Gasteiger charge is 2.55. The number of Topliss-reactive ketones (excluding diaryl/α,β-unsaturated/α-hetero) is 1. The van der Waals surface area contributed by atoms with E-state index >= 15 is 0 Å². The molecule has 3 N–H and O–H groups in total. The van der Waals surface area contributed by atoms with Crippen molar-refractivity contribution in [2.24, 2.45) is 11.3 Å².